The molecular formula is C44H55IrN2O3-. The van der Waals surface area contributed by atoms with Crippen LogP contribution in [-0.2, 0) is 36.7 Å². The van der Waals surface area contributed by atoms with Crippen molar-refractivity contribution < 1.29 is 39.0 Å². The molecule has 2 aromatic carbocycles. The SMILES string of the molecule is CCC(CC)C(=O)/C=C(\O)C(CC)CC.[CH2-][n+]1ccc(-c2ccc3c(CC(C)C)coc3n2)cc1-c1[c-]c2ccccc2c(C(C)(C)C)c1.[Ir]. The molecular weight excluding hydrogens is 797 g/mol. The zero-order chi connectivity index (χ0) is 35.9. The molecule has 5 rings (SSSR count). The normalized spacial score (nSPS) is 12.0. The van der Waals surface area contributed by atoms with E-state index in [1.807, 2.05) is 50.8 Å². The van der Waals surface area contributed by atoms with Crippen LogP contribution in [0.5, 0.6) is 0 Å². The Balaban J connectivity index is 0.000000361. The van der Waals surface area contributed by atoms with E-state index in [4.69, 9.17) is 9.40 Å². The van der Waals surface area contributed by atoms with Crippen molar-refractivity contribution in [1.29, 1.82) is 0 Å². The van der Waals surface area contributed by atoms with Gasteiger partial charge in [-0.1, -0.05) is 91.5 Å². The van der Waals surface area contributed by atoms with Crippen molar-refractivity contribution in [3.63, 3.8) is 0 Å². The second-order valence-corrected chi connectivity index (χ2v) is 14.6. The molecule has 5 nitrogen and oxygen atoms in total. The number of hydrogen-bond acceptors (Lipinski definition) is 4. The van der Waals surface area contributed by atoms with Gasteiger partial charge in [0.05, 0.1) is 23.9 Å². The fourth-order valence-electron chi connectivity index (χ4n) is 6.41. The maximum absolute atomic E-state index is 11.7. The molecule has 50 heavy (non-hydrogen) atoms. The Morgan fingerprint density at radius 3 is 2.24 bits per heavy atom. The summed E-state index contributed by atoms with van der Waals surface area (Å²) in [7, 11) is 4.24. The molecule has 3 aromatic heterocycles. The molecule has 5 aromatic rings. The first-order valence-corrected chi connectivity index (χ1v) is 17.9. The summed E-state index contributed by atoms with van der Waals surface area (Å²) in [5.74, 6) is 1.12. The Kier molecular flexibility index (Phi) is 14.6. The zero-order valence-electron chi connectivity index (χ0n) is 31.4. The molecule has 269 valence electrons. The Morgan fingerprint density at radius 1 is 0.960 bits per heavy atom. The van der Waals surface area contributed by atoms with Gasteiger partial charge >= 0.3 is 0 Å². The van der Waals surface area contributed by atoms with Gasteiger partial charge in [0.25, 0.3) is 0 Å². The topological polar surface area (TPSA) is 67.2 Å². The van der Waals surface area contributed by atoms with Crippen LogP contribution < -0.4 is 4.57 Å². The Hall–Kier alpha value is -3.73. The first-order valence-electron chi connectivity index (χ1n) is 17.9. The van der Waals surface area contributed by atoms with E-state index in [9.17, 15) is 9.90 Å². The molecule has 0 unspecified atom stereocenters. The molecule has 0 fully saturated rings. The number of hydrogen-bond donors (Lipinski definition) is 1. The van der Waals surface area contributed by atoms with Gasteiger partial charge < -0.3 is 14.1 Å². The molecule has 0 spiro atoms. The van der Waals surface area contributed by atoms with Gasteiger partial charge in [-0.25, -0.2) is 4.98 Å². The van der Waals surface area contributed by atoms with Crippen LogP contribution in [0.3, 0.4) is 0 Å². The zero-order valence-corrected chi connectivity index (χ0v) is 33.8. The fraction of sp³-hybridized carbons (Fsp3) is 0.409. The summed E-state index contributed by atoms with van der Waals surface area (Å²) in [4.78, 5) is 16.6. The van der Waals surface area contributed by atoms with Gasteiger partial charge in [-0.05, 0) is 73.3 Å². The van der Waals surface area contributed by atoms with Crippen molar-refractivity contribution in [2.24, 2.45) is 17.8 Å². The number of rotatable bonds is 11. The number of fused-ring (bicyclic) bond motifs is 2. The average Bonchev–Trinajstić information content (AvgIpc) is 3.46. The summed E-state index contributed by atoms with van der Waals surface area (Å²) in [6, 6.07) is 22.8. The summed E-state index contributed by atoms with van der Waals surface area (Å²) in [6.07, 6.45) is 9.73. The van der Waals surface area contributed by atoms with E-state index in [2.05, 4.69) is 96.3 Å². The molecule has 0 aliphatic carbocycles. The predicted molar refractivity (Wildman–Crippen MR) is 203 cm³/mol. The molecule has 0 saturated carbocycles. The summed E-state index contributed by atoms with van der Waals surface area (Å²) < 4.78 is 7.72. The van der Waals surface area contributed by atoms with E-state index >= 15 is 0 Å². The van der Waals surface area contributed by atoms with Crippen molar-refractivity contribution in [2.45, 2.75) is 99.8 Å². The van der Waals surface area contributed by atoms with E-state index in [1.165, 1.54) is 22.6 Å². The van der Waals surface area contributed by atoms with Crippen LogP contribution in [-0.4, -0.2) is 15.9 Å². The third kappa shape index (κ3) is 9.74. The number of carbonyl (C=O) groups excluding carboxylic acids is 1. The number of aliphatic hydroxyl groups is 1. The number of ketones is 1. The second-order valence-electron chi connectivity index (χ2n) is 14.6. The Bertz CT molecular complexity index is 1910. The van der Waals surface area contributed by atoms with Crippen LogP contribution in [0.15, 0.2) is 83.3 Å². The number of aromatic nitrogens is 2. The van der Waals surface area contributed by atoms with Gasteiger partial charge in [0.2, 0.25) is 5.71 Å². The molecule has 6 heteroatoms. The quantitative estimate of drug-likeness (QED) is 0.0622. The molecule has 1 N–H and O–H groups in total. The summed E-state index contributed by atoms with van der Waals surface area (Å²) in [5, 5.41) is 13.2. The second kappa shape index (κ2) is 18.0. The number of furan rings is 1. The van der Waals surface area contributed by atoms with E-state index in [0.29, 0.717) is 11.6 Å². The van der Waals surface area contributed by atoms with Gasteiger partial charge in [-0.15, -0.1) is 29.1 Å². The Labute approximate surface area is 313 Å². The smallest absolute Gasteiger partial charge is 0.226 e. The molecule has 0 saturated heterocycles. The molecule has 0 aliphatic heterocycles. The number of pyridine rings is 2. The number of carbonyl (C=O) groups is 1. The molecule has 0 aliphatic rings. The molecule has 0 amide bonds. The van der Waals surface area contributed by atoms with E-state index in [1.54, 1.807) is 0 Å². The van der Waals surface area contributed by atoms with E-state index < -0.39 is 0 Å². The van der Waals surface area contributed by atoms with Crippen LogP contribution >= 0.6 is 0 Å². The molecule has 0 bridgehead atoms. The minimum absolute atomic E-state index is 0. The summed E-state index contributed by atoms with van der Waals surface area (Å²) >= 11 is 0. The third-order valence-electron chi connectivity index (χ3n) is 9.42. The maximum atomic E-state index is 11.7. The van der Waals surface area contributed by atoms with Gasteiger partial charge in [0.1, 0.15) is 5.69 Å². The van der Waals surface area contributed by atoms with Crippen molar-refractivity contribution in [2.75, 3.05) is 0 Å². The average molecular weight is 852 g/mol. The van der Waals surface area contributed by atoms with Gasteiger partial charge in [0, 0.05) is 56.0 Å². The third-order valence-corrected chi connectivity index (χ3v) is 9.42. The van der Waals surface area contributed by atoms with Crippen LogP contribution in [0, 0.1) is 30.9 Å². The van der Waals surface area contributed by atoms with Gasteiger partial charge in [0.15, 0.2) is 5.78 Å². The van der Waals surface area contributed by atoms with E-state index in [-0.39, 0.29) is 48.9 Å². The Morgan fingerprint density at radius 2 is 1.62 bits per heavy atom. The van der Waals surface area contributed by atoms with Crippen LogP contribution in [0.4, 0.5) is 0 Å². The predicted octanol–water partition coefficient (Wildman–Crippen LogP) is 11.4. The van der Waals surface area contributed by atoms with Gasteiger partial charge in [-0.2, -0.15) is 0 Å². The molecule has 3 heterocycles. The standard InChI is InChI=1S/C31H31N2O.C13H24O2.Ir/c1-20(2)15-24-19-34-30-26(24)11-12-28(32-30)22-13-14-33(6)29(18-22)23-16-21-9-7-8-10-25(21)27(17-23)31(3,4)5;1-5-10(6-2)12(14)9-13(15)11(7-3)8-4;/h7-14,17-20H,6,15H2,1-5H3;9-11,14H,5-8H2,1-4H3;/q-1;;/b;12-9-;. The van der Waals surface area contributed by atoms with Crippen LogP contribution in [0.2, 0.25) is 0 Å². The fourth-order valence-corrected chi connectivity index (χ4v) is 6.41. The number of aliphatic hydroxyl groups excluding tert-OH is 1. The first-order chi connectivity index (χ1) is 23.3. The monoisotopic (exact) mass is 852 g/mol. The summed E-state index contributed by atoms with van der Waals surface area (Å²) in [5.41, 5.74) is 7.15. The minimum Gasteiger partial charge on any atom is -0.512 e. The molecule has 0 atom stereocenters. The van der Waals surface area contributed by atoms with Crippen molar-refractivity contribution >= 4 is 27.7 Å². The maximum Gasteiger partial charge on any atom is 0.226 e. The van der Waals surface area contributed by atoms with Crippen LogP contribution in [0.1, 0.15) is 99.1 Å². The van der Waals surface area contributed by atoms with Crippen molar-refractivity contribution in [3.8, 4) is 22.5 Å². The number of benzene rings is 2. The summed E-state index contributed by atoms with van der Waals surface area (Å²) in [6.45, 7) is 19.3. The van der Waals surface area contributed by atoms with E-state index in [0.717, 1.165) is 65.4 Å². The van der Waals surface area contributed by atoms with Crippen molar-refractivity contribution in [1.82, 2.24) is 4.98 Å². The largest absolute Gasteiger partial charge is 0.512 e. The van der Waals surface area contributed by atoms with Crippen molar-refractivity contribution in [3.05, 3.63) is 103 Å². The minimum atomic E-state index is 0. The van der Waals surface area contributed by atoms with Gasteiger partial charge in [-0.3, -0.25) is 4.79 Å². The number of allylic oxidation sites excluding steroid dienone is 2. The number of nitrogens with zero attached hydrogens (tertiary/aromatic N) is 2. The first kappa shape index (κ1) is 40.7. The molecule has 1 radical (unpaired) electrons. The van der Waals surface area contributed by atoms with Crippen LogP contribution in [0.25, 0.3) is 44.4 Å².